The minimum absolute atomic E-state index is 0.170. The molecule has 10 heteroatoms. The van der Waals surface area contributed by atoms with Crippen LogP contribution in [0.15, 0.2) is 61.1 Å². The number of methoxy groups -OCH3 is 1. The predicted molar refractivity (Wildman–Crippen MR) is 162 cm³/mol. The van der Waals surface area contributed by atoms with Gasteiger partial charge >= 0.3 is 0 Å². The lowest BCUT2D eigenvalue weighted by Gasteiger charge is -2.24. The Morgan fingerprint density at radius 1 is 1.00 bits per heavy atom. The van der Waals surface area contributed by atoms with E-state index in [1.807, 2.05) is 57.7 Å². The van der Waals surface area contributed by atoms with Crippen LogP contribution in [0.1, 0.15) is 19.5 Å². The van der Waals surface area contributed by atoms with Crippen molar-refractivity contribution in [1.29, 1.82) is 0 Å². The van der Waals surface area contributed by atoms with Gasteiger partial charge < -0.3 is 30.5 Å². The molecule has 208 valence electrons. The summed E-state index contributed by atoms with van der Waals surface area (Å²) in [7, 11) is 7.76. The number of nitrogen functional groups attached to an aromatic ring is 1. The average molecular weight is 540 g/mol. The molecule has 2 aromatic heterocycles. The zero-order valence-corrected chi connectivity index (χ0v) is 24.0. The fourth-order valence-corrected chi connectivity index (χ4v) is 4.95. The minimum atomic E-state index is -0.170. The molecule has 3 N–H and O–H groups in total. The highest BCUT2D eigenvalue weighted by Crippen LogP contribution is 2.44. The van der Waals surface area contributed by atoms with Crippen molar-refractivity contribution in [2.75, 3.05) is 68.7 Å². The number of benzene rings is 2. The second-order valence-corrected chi connectivity index (χ2v) is 11.0. The molecule has 1 aliphatic heterocycles. The number of nitrogens with two attached hydrogens (primary N) is 1. The van der Waals surface area contributed by atoms with E-state index in [1.165, 1.54) is 6.33 Å². The molecule has 2 aromatic carbocycles. The number of likely N-dealkylation sites (N-methyl/N-ethyl adjacent to an activating group) is 2. The number of anilines is 6. The summed E-state index contributed by atoms with van der Waals surface area (Å²) in [5, 5.41) is 3.29. The fraction of sp³-hybridized carbons (Fsp3) is 0.333. The van der Waals surface area contributed by atoms with E-state index in [4.69, 9.17) is 20.4 Å². The van der Waals surface area contributed by atoms with E-state index in [-0.39, 0.29) is 5.41 Å². The van der Waals surface area contributed by atoms with Crippen LogP contribution in [0.4, 0.5) is 34.6 Å². The highest BCUT2D eigenvalue weighted by molar-refractivity contribution is 5.79. The maximum absolute atomic E-state index is 6.46. The first kappa shape index (κ1) is 27.1. The number of nitrogens with one attached hydrogen (secondary N) is 1. The molecule has 0 spiro atoms. The van der Waals surface area contributed by atoms with Crippen molar-refractivity contribution in [3.05, 3.63) is 66.7 Å². The smallest absolute Gasteiger partial charge is 0.234 e. The number of rotatable bonds is 9. The zero-order valence-electron chi connectivity index (χ0n) is 24.0. The van der Waals surface area contributed by atoms with E-state index in [2.05, 4.69) is 62.0 Å². The molecule has 0 aliphatic carbocycles. The summed E-state index contributed by atoms with van der Waals surface area (Å²) < 4.78 is 5.70. The van der Waals surface area contributed by atoms with E-state index in [0.717, 1.165) is 41.3 Å². The molecule has 0 atom stereocenters. The lowest BCUT2D eigenvalue weighted by Crippen LogP contribution is -2.29. The number of hydrogen-bond acceptors (Lipinski definition) is 10. The second-order valence-electron chi connectivity index (χ2n) is 11.0. The van der Waals surface area contributed by atoms with Crippen molar-refractivity contribution in [3.63, 3.8) is 0 Å². The number of fused-ring (bicyclic) bond motifs is 1. The summed E-state index contributed by atoms with van der Waals surface area (Å²) in [6.45, 7) is 6.81. The quantitative estimate of drug-likeness (QED) is 0.291. The lowest BCUT2D eigenvalue weighted by atomic mass is 9.91. The molecule has 10 nitrogen and oxygen atoms in total. The van der Waals surface area contributed by atoms with Crippen molar-refractivity contribution in [1.82, 2.24) is 24.8 Å². The molecule has 0 unspecified atom stereocenters. The van der Waals surface area contributed by atoms with Crippen LogP contribution < -0.4 is 25.6 Å². The topological polar surface area (TPSA) is 109 Å². The summed E-state index contributed by atoms with van der Waals surface area (Å²) in [4.78, 5) is 24.9. The molecule has 0 saturated carbocycles. The summed E-state index contributed by atoms with van der Waals surface area (Å²) in [6.07, 6.45) is 3.46. The monoisotopic (exact) mass is 539 g/mol. The van der Waals surface area contributed by atoms with Gasteiger partial charge in [0.1, 0.15) is 12.1 Å². The van der Waals surface area contributed by atoms with E-state index < -0.39 is 0 Å². The Balaban J connectivity index is 1.44. The predicted octanol–water partition coefficient (Wildman–Crippen LogP) is 4.70. The Hall–Kier alpha value is -4.44. The van der Waals surface area contributed by atoms with E-state index in [1.54, 1.807) is 7.11 Å². The molecule has 4 aromatic rings. The van der Waals surface area contributed by atoms with Gasteiger partial charge in [-0.3, -0.25) is 4.98 Å². The Morgan fingerprint density at radius 2 is 1.77 bits per heavy atom. The molecule has 0 fully saturated rings. The summed E-state index contributed by atoms with van der Waals surface area (Å²) in [5.41, 5.74) is 12.7. The molecule has 1 aliphatic rings. The lowest BCUT2D eigenvalue weighted by molar-refractivity contribution is 0.413. The third kappa shape index (κ3) is 5.48. The summed E-state index contributed by atoms with van der Waals surface area (Å²) in [5.74, 6) is 1.59. The van der Waals surface area contributed by atoms with E-state index in [9.17, 15) is 0 Å². The van der Waals surface area contributed by atoms with Gasteiger partial charge in [0.05, 0.1) is 35.6 Å². The molecule has 3 heterocycles. The van der Waals surface area contributed by atoms with Crippen molar-refractivity contribution >= 4 is 34.6 Å². The van der Waals surface area contributed by atoms with Crippen LogP contribution in [0.3, 0.4) is 0 Å². The Labute approximate surface area is 235 Å². The second kappa shape index (κ2) is 11.0. The van der Waals surface area contributed by atoms with Crippen LogP contribution in [0.5, 0.6) is 5.75 Å². The molecule has 0 amide bonds. The first-order chi connectivity index (χ1) is 19.2. The van der Waals surface area contributed by atoms with Crippen LogP contribution >= 0.6 is 0 Å². The highest BCUT2D eigenvalue weighted by Gasteiger charge is 2.38. The Morgan fingerprint density at radius 3 is 2.50 bits per heavy atom. The van der Waals surface area contributed by atoms with Crippen LogP contribution in [0, 0.1) is 0 Å². The SMILES string of the molecule is COc1cc(N(C)CCN(C)C)c(N)cc1Nc1ncnc(N2CC(C)(C)c3ncc(-c4ccccc4)cc32)n1. The molecule has 40 heavy (non-hydrogen) atoms. The van der Waals surface area contributed by atoms with Gasteiger partial charge in [0, 0.05) is 49.9 Å². The first-order valence-electron chi connectivity index (χ1n) is 13.3. The number of hydrogen-bond donors (Lipinski definition) is 2. The molecular weight excluding hydrogens is 502 g/mol. The number of aromatic nitrogens is 4. The Kier molecular flexibility index (Phi) is 7.44. The van der Waals surface area contributed by atoms with Gasteiger partial charge in [0.25, 0.3) is 0 Å². The minimum Gasteiger partial charge on any atom is -0.494 e. The van der Waals surface area contributed by atoms with Crippen LogP contribution in [0.2, 0.25) is 0 Å². The Bertz CT molecular complexity index is 1490. The van der Waals surface area contributed by atoms with Gasteiger partial charge in [-0.15, -0.1) is 0 Å². The number of nitrogens with zero attached hydrogens (tertiary/aromatic N) is 7. The standard InChI is InChI=1S/C30H37N9O/c1-30(2)18-39(25-14-21(17-32-27(25)30)20-10-8-7-9-11-20)29-34-19-33-28(36-29)35-23-15-22(31)24(16-26(23)40-6)38(5)13-12-37(3)4/h7-11,14-17,19H,12-13,18,31H2,1-6H3,(H,33,34,35,36). The normalized spacial score (nSPS) is 13.8. The third-order valence-corrected chi connectivity index (χ3v) is 7.15. The first-order valence-corrected chi connectivity index (χ1v) is 13.3. The van der Waals surface area contributed by atoms with Gasteiger partial charge in [0.15, 0.2) is 0 Å². The van der Waals surface area contributed by atoms with Crippen LogP contribution in [-0.4, -0.2) is 72.7 Å². The maximum atomic E-state index is 6.46. The molecule has 0 saturated heterocycles. The number of pyridine rings is 1. The van der Waals surface area contributed by atoms with Gasteiger partial charge in [-0.1, -0.05) is 44.2 Å². The molecule has 5 rings (SSSR count). The van der Waals surface area contributed by atoms with Crippen molar-refractivity contribution in [2.45, 2.75) is 19.3 Å². The molecule has 0 bridgehead atoms. The molecule has 0 radical (unpaired) electrons. The average Bonchev–Trinajstić information content (AvgIpc) is 3.22. The highest BCUT2D eigenvalue weighted by atomic mass is 16.5. The van der Waals surface area contributed by atoms with Gasteiger partial charge in [0.2, 0.25) is 11.9 Å². The van der Waals surface area contributed by atoms with Crippen molar-refractivity contribution in [2.24, 2.45) is 0 Å². The zero-order chi connectivity index (χ0) is 28.4. The fourth-order valence-electron chi connectivity index (χ4n) is 4.95. The van der Waals surface area contributed by atoms with Crippen molar-refractivity contribution in [3.8, 4) is 16.9 Å². The summed E-state index contributed by atoms with van der Waals surface area (Å²) >= 11 is 0. The molecular formula is C30H37N9O. The largest absolute Gasteiger partial charge is 0.494 e. The number of ether oxygens (including phenoxy) is 1. The summed E-state index contributed by atoms with van der Waals surface area (Å²) in [6, 6.07) is 16.2. The van der Waals surface area contributed by atoms with Crippen molar-refractivity contribution < 1.29 is 4.74 Å². The third-order valence-electron chi connectivity index (χ3n) is 7.15. The maximum Gasteiger partial charge on any atom is 0.234 e. The van der Waals surface area contributed by atoms with Gasteiger partial charge in [-0.2, -0.15) is 4.98 Å². The van der Waals surface area contributed by atoms with E-state index in [0.29, 0.717) is 35.6 Å². The van der Waals surface area contributed by atoms with Gasteiger partial charge in [-0.05, 0) is 31.8 Å². The van der Waals surface area contributed by atoms with Crippen LogP contribution in [0.25, 0.3) is 11.1 Å². The van der Waals surface area contributed by atoms with Crippen LogP contribution in [-0.2, 0) is 5.41 Å². The van der Waals surface area contributed by atoms with Gasteiger partial charge in [-0.25, -0.2) is 9.97 Å². The van der Waals surface area contributed by atoms with E-state index >= 15 is 0 Å².